The van der Waals surface area contributed by atoms with Gasteiger partial charge in [-0.3, -0.25) is 9.69 Å². The minimum Gasteiger partial charge on any atom is -0.495 e. The number of nitrogens with one attached hydrogen (secondary N) is 2. The van der Waals surface area contributed by atoms with E-state index in [9.17, 15) is 9.59 Å². The lowest BCUT2D eigenvalue weighted by Crippen LogP contribution is -2.55. The van der Waals surface area contributed by atoms with Crippen molar-refractivity contribution < 1.29 is 19.4 Å². The van der Waals surface area contributed by atoms with E-state index in [1.807, 2.05) is 4.90 Å². The molecule has 1 aromatic rings. The third-order valence-corrected chi connectivity index (χ3v) is 5.21. The second kappa shape index (κ2) is 8.14. The highest BCUT2D eigenvalue weighted by atomic mass is 35.5. The van der Waals surface area contributed by atoms with Gasteiger partial charge in [0.15, 0.2) is 0 Å². The van der Waals surface area contributed by atoms with E-state index in [0.29, 0.717) is 22.4 Å². The van der Waals surface area contributed by atoms with Crippen LogP contribution in [0.15, 0.2) is 18.2 Å². The first-order valence-electron chi connectivity index (χ1n) is 8.81. The molecule has 0 aromatic heterocycles. The van der Waals surface area contributed by atoms with E-state index in [-0.39, 0.29) is 24.7 Å². The van der Waals surface area contributed by atoms with Crippen LogP contribution in [0.25, 0.3) is 0 Å². The SMILES string of the molecule is COc1cc(NC(=O)NC2CC(N(CC(=O)O)CC3CC3)C2)ccc1Cl. The number of anilines is 1. The molecule has 3 rings (SSSR count). The van der Waals surface area contributed by atoms with Crippen molar-refractivity contribution in [1.29, 1.82) is 0 Å². The third kappa shape index (κ3) is 5.02. The summed E-state index contributed by atoms with van der Waals surface area (Å²) in [5, 5.41) is 15.3. The van der Waals surface area contributed by atoms with Gasteiger partial charge < -0.3 is 20.5 Å². The molecule has 2 saturated carbocycles. The average Bonchev–Trinajstić information content (AvgIpc) is 3.35. The number of halogens is 1. The number of nitrogens with zero attached hydrogens (tertiary/aromatic N) is 1. The molecule has 1 aromatic carbocycles. The number of carboxylic acids is 1. The quantitative estimate of drug-likeness (QED) is 0.644. The monoisotopic (exact) mass is 381 g/mol. The van der Waals surface area contributed by atoms with E-state index in [1.165, 1.54) is 20.0 Å². The van der Waals surface area contributed by atoms with Gasteiger partial charge >= 0.3 is 12.0 Å². The van der Waals surface area contributed by atoms with Crippen LogP contribution < -0.4 is 15.4 Å². The highest BCUT2D eigenvalue weighted by Crippen LogP contribution is 2.34. The number of aliphatic carboxylic acids is 1. The molecule has 0 saturated heterocycles. The van der Waals surface area contributed by atoms with Gasteiger partial charge in [0.25, 0.3) is 0 Å². The number of ether oxygens (including phenoxy) is 1. The Labute approximate surface area is 157 Å². The Balaban J connectivity index is 1.45. The first kappa shape index (κ1) is 18.8. The average molecular weight is 382 g/mol. The van der Waals surface area contributed by atoms with Crippen LogP contribution in [0, 0.1) is 5.92 Å². The molecule has 0 aliphatic heterocycles. The van der Waals surface area contributed by atoms with Crippen molar-refractivity contribution in [3.63, 3.8) is 0 Å². The van der Waals surface area contributed by atoms with Crippen LogP contribution in [0.1, 0.15) is 25.7 Å². The standard InChI is InChI=1S/C18H24ClN3O4/c1-26-16-8-12(4-5-15(16)19)20-18(25)21-13-6-14(7-13)22(10-17(23)24)9-11-2-3-11/h4-5,8,11,13-14H,2-3,6-7,9-10H2,1H3,(H,23,24)(H2,20,21,25). The summed E-state index contributed by atoms with van der Waals surface area (Å²) in [6.07, 6.45) is 3.93. The number of methoxy groups -OCH3 is 1. The lowest BCUT2D eigenvalue weighted by Gasteiger charge is -2.42. The summed E-state index contributed by atoms with van der Waals surface area (Å²) in [6, 6.07) is 5.03. The molecule has 2 fully saturated rings. The summed E-state index contributed by atoms with van der Waals surface area (Å²) in [4.78, 5) is 25.2. The molecule has 0 heterocycles. The van der Waals surface area contributed by atoms with E-state index < -0.39 is 5.97 Å². The fourth-order valence-corrected chi connectivity index (χ4v) is 3.44. The molecule has 0 bridgehead atoms. The Hall–Kier alpha value is -1.99. The highest BCUT2D eigenvalue weighted by molar-refractivity contribution is 6.32. The smallest absolute Gasteiger partial charge is 0.319 e. The van der Waals surface area contributed by atoms with Gasteiger partial charge in [0.2, 0.25) is 0 Å². The number of hydrogen-bond acceptors (Lipinski definition) is 4. The molecule has 0 radical (unpaired) electrons. The number of rotatable bonds is 8. The molecule has 26 heavy (non-hydrogen) atoms. The van der Waals surface area contributed by atoms with Gasteiger partial charge in [0.1, 0.15) is 5.75 Å². The fraction of sp³-hybridized carbons (Fsp3) is 0.556. The molecule has 2 aliphatic rings. The first-order chi connectivity index (χ1) is 12.4. The number of hydrogen-bond donors (Lipinski definition) is 3. The molecule has 142 valence electrons. The zero-order chi connectivity index (χ0) is 18.7. The lowest BCUT2D eigenvalue weighted by molar-refractivity contribution is -0.139. The van der Waals surface area contributed by atoms with Gasteiger partial charge in [-0.15, -0.1) is 0 Å². The molecule has 0 spiro atoms. The second-order valence-electron chi connectivity index (χ2n) is 7.04. The van der Waals surface area contributed by atoms with Crippen LogP contribution in [0.2, 0.25) is 5.02 Å². The first-order valence-corrected chi connectivity index (χ1v) is 9.19. The van der Waals surface area contributed by atoms with Crippen molar-refractivity contribution in [2.45, 2.75) is 37.8 Å². The highest BCUT2D eigenvalue weighted by Gasteiger charge is 2.37. The lowest BCUT2D eigenvalue weighted by atomic mass is 9.85. The second-order valence-corrected chi connectivity index (χ2v) is 7.44. The summed E-state index contributed by atoms with van der Waals surface area (Å²) in [6.45, 7) is 0.922. The number of urea groups is 1. The Kier molecular flexibility index (Phi) is 5.88. The number of carbonyl (C=O) groups is 2. The van der Waals surface area contributed by atoms with Gasteiger partial charge in [-0.1, -0.05) is 11.6 Å². The van der Waals surface area contributed by atoms with Gasteiger partial charge in [-0.2, -0.15) is 0 Å². The number of carbonyl (C=O) groups excluding carboxylic acids is 1. The van der Waals surface area contributed by atoms with Crippen molar-refractivity contribution in [2.75, 3.05) is 25.5 Å². The zero-order valence-corrected chi connectivity index (χ0v) is 15.5. The maximum absolute atomic E-state index is 12.1. The molecule has 0 unspecified atom stereocenters. The van der Waals surface area contributed by atoms with Crippen LogP contribution >= 0.6 is 11.6 Å². The Morgan fingerprint density at radius 2 is 2.08 bits per heavy atom. The van der Waals surface area contributed by atoms with Gasteiger partial charge in [0, 0.05) is 30.4 Å². The minimum absolute atomic E-state index is 0.0599. The van der Waals surface area contributed by atoms with Gasteiger partial charge in [-0.25, -0.2) is 4.79 Å². The number of carboxylic acid groups (broad SMARTS) is 1. The van der Waals surface area contributed by atoms with Crippen molar-refractivity contribution >= 4 is 29.3 Å². The Morgan fingerprint density at radius 1 is 1.35 bits per heavy atom. The maximum atomic E-state index is 12.1. The summed E-state index contributed by atoms with van der Waals surface area (Å²) >= 11 is 5.97. The molecule has 2 amide bonds. The molecule has 8 heteroatoms. The van der Waals surface area contributed by atoms with E-state index in [2.05, 4.69) is 10.6 Å². The van der Waals surface area contributed by atoms with Crippen LogP contribution in [-0.2, 0) is 4.79 Å². The molecule has 2 aliphatic carbocycles. The van der Waals surface area contributed by atoms with Crippen LogP contribution in [0.3, 0.4) is 0 Å². The summed E-state index contributed by atoms with van der Waals surface area (Å²) in [5.74, 6) is 0.346. The fourth-order valence-electron chi connectivity index (χ4n) is 3.24. The summed E-state index contributed by atoms with van der Waals surface area (Å²) < 4.78 is 5.13. The molecule has 3 N–H and O–H groups in total. The maximum Gasteiger partial charge on any atom is 0.319 e. The Bertz CT molecular complexity index is 674. The van der Waals surface area contributed by atoms with E-state index >= 15 is 0 Å². The van der Waals surface area contributed by atoms with Crippen LogP contribution in [0.5, 0.6) is 5.75 Å². The van der Waals surface area contributed by atoms with E-state index in [0.717, 1.165) is 19.4 Å². The van der Waals surface area contributed by atoms with E-state index in [4.69, 9.17) is 21.4 Å². The van der Waals surface area contributed by atoms with Crippen LogP contribution in [-0.4, -0.2) is 54.3 Å². The van der Waals surface area contributed by atoms with E-state index in [1.54, 1.807) is 18.2 Å². The number of amides is 2. The molecular formula is C18H24ClN3O4. The van der Waals surface area contributed by atoms with Crippen molar-refractivity contribution in [3.8, 4) is 5.75 Å². The zero-order valence-electron chi connectivity index (χ0n) is 14.7. The van der Waals surface area contributed by atoms with Crippen molar-refractivity contribution in [3.05, 3.63) is 23.2 Å². The van der Waals surface area contributed by atoms with Crippen molar-refractivity contribution in [1.82, 2.24) is 10.2 Å². The van der Waals surface area contributed by atoms with Crippen molar-refractivity contribution in [2.24, 2.45) is 5.92 Å². The Morgan fingerprint density at radius 3 is 2.69 bits per heavy atom. The van der Waals surface area contributed by atoms with Gasteiger partial charge in [-0.05, 0) is 43.7 Å². The van der Waals surface area contributed by atoms with Gasteiger partial charge in [0.05, 0.1) is 18.7 Å². The van der Waals surface area contributed by atoms with Crippen LogP contribution in [0.4, 0.5) is 10.5 Å². The molecular weight excluding hydrogens is 358 g/mol. The number of benzene rings is 1. The topological polar surface area (TPSA) is 90.9 Å². The predicted molar refractivity (Wildman–Crippen MR) is 98.9 cm³/mol. The molecule has 7 nitrogen and oxygen atoms in total. The summed E-state index contributed by atoms with van der Waals surface area (Å²) in [5.41, 5.74) is 0.598. The third-order valence-electron chi connectivity index (χ3n) is 4.90. The minimum atomic E-state index is -0.795. The largest absolute Gasteiger partial charge is 0.495 e. The molecule has 0 atom stereocenters. The normalized spacial score (nSPS) is 21.8. The summed E-state index contributed by atoms with van der Waals surface area (Å²) in [7, 11) is 1.52. The predicted octanol–water partition coefficient (Wildman–Crippen LogP) is 2.80.